The molecule has 1 aromatic heterocycles. The van der Waals surface area contributed by atoms with E-state index in [-0.39, 0.29) is 0 Å². The lowest BCUT2D eigenvalue weighted by atomic mass is 10.0. The Bertz CT molecular complexity index is 395. The van der Waals surface area contributed by atoms with Gasteiger partial charge in [0.25, 0.3) is 0 Å². The molecule has 2 fully saturated rings. The summed E-state index contributed by atoms with van der Waals surface area (Å²) >= 11 is 1.79. The molecule has 18 heavy (non-hydrogen) atoms. The molecule has 1 aliphatic carbocycles. The van der Waals surface area contributed by atoms with Gasteiger partial charge in [-0.3, -0.25) is 4.79 Å². The number of carbonyl (C=O) groups excluding carboxylic acids is 1. The van der Waals surface area contributed by atoms with Gasteiger partial charge in [0.2, 0.25) is 5.91 Å². The molecule has 1 atom stereocenters. The maximum atomic E-state index is 12.4. The molecule has 2 heterocycles. The Balaban J connectivity index is 1.65. The summed E-state index contributed by atoms with van der Waals surface area (Å²) in [5, 5.41) is 2.12. The number of carbonyl (C=O) groups is 1. The molecular weight excluding hydrogens is 242 g/mol. The average Bonchev–Trinajstić information content (AvgIpc) is 3.11. The van der Waals surface area contributed by atoms with E-state index in [0.717, 1.165) is 19.4 Å². The van der Waals surface area contributed by atoms with Gasteiger partial charge in [0, 0.05) is 17.8 Å². The molecule has 1 saturated heterocycles. The first-order valence-corrected chi connectivity index (χ1v) is 8.05. The summed E-state index contributed by atoms with van der Waals surface area (Å²) in [6, 6.07) is 4.65. The summed E-state index contributed by atoms with van der Waals surface area (Å²) in [7, 11) is 0. The van der Waals surface area contributed by atoms with Crippen LogP contribution >= 0.6 is 11.3 Å². The molecule has 0 N–H and O–H groups in total. The average molecular weight is 263 g/mol. The number of nitrogens with zero attached hydrogens (tertiary/aromatic N) is 1. The molecule has 2 aliphatic rings. The van der Waals surface area contributed by atoms with Crippen LogP contribution in [-0.2, 0) is 4.79 Å². The smallest absolute Gasteiger partial charge is 0.223 e. The maximum absolute atomic E-state index is 12.4. The van der Waals surface area contributed by atoms with Gasteiger partial charge in [-0.05, 0) is 43.0 Å². The number of thiophene rings is 1. The van der Waals surface area contributed by atoms with Crippen LogP contribution in [0.5, 0.6) is 0 Å². The molecule has 98 valence electrons. The van der Waals surface area contributed by atoms with E-state index >= 15 is 0 Å². The topological polar surface area (TPSA) is 20.3 Å². The summed E-state index contributed by atoms with van der Waals surface area (Å²) < 4.78 is 0. The fourth-order valence-electron chi connectivity index (χ4n) is 3.42. The second-order valence-corrected chi connectivity index (χ2v) is 6.59. The van der Waals surface area contributed by atoms with E-state index in [1.165, 1.54) is 37.0 Å². The van der Waals surface area contributed by atoms with Crippen LogP contribution in [0.2, 0.25) is 0 Å². The Kier molecular flexibility index (Phi) is 3.69. The van der Waals surface area contributed by atoms with E-state index in [2.05, 4.69) is 22.4 Å². The first-order chi connectivity index (χ1) is 8.84. The van der Waals surface area contributed by atoms with Crippen molar-refractivity contribution in [3.05, 3.63) is 22.4 Å². The van der Waals surface area contributed by atoms with Gasteiger partial charge in [-0.25, -0.2) is 0 Å². The number of likely N-dealkylation sites (tertiary alicyclic amines) is 1. The first kappa shape index (κ1) is 12.2. The van der Waals surface area contributed by atoms with Crippen molar-refractivity contribution in [2.24, 2.45) is 5.92 Å². The van der Waals surface area contributed by atoms with E-state index in [1.54, 1.807) is 11.3 Å². The van der Waals surface area contributed by atoms with Crippen molar-refractivity contribution in [2.45, 2.75) is 51.0 Å². The van der Waals surface area contributed by atoms with Crippen LogP contribution in [0.4, 0.5) is 0 Å². The summed E-state index contributed by atoms with van der Waals surface area (Å²) in [4.78, 5) is 15.9. The van der Waals surface area contributed by atoms with Gasteiger partial charge < -0.3 is 4.90 Å². The first-order valence-electron chi connectivity index (χ1n) is 7.17. The quantitative estimate of drug-likeness (QED) is 0.807. The molecule has 1 aromatic rings. The third-order valence-electron chi connectivity index (χ3n) is 4.38. The number of hydrogen-bond acceptors (Lipinski definition) is 2. The molecule has 0 bridgehead atoms. The van der Waals surface area contributed by atoms with Crippen molar-refractivity contribution in [3.8, 4) is 0 Å². The molecule has 1 unspecified atom stereocenters. The van der Waals surface area contributed by atoms with Gasteiger partial charge >= 0.3 is 0 Å². The van der Waals surface area contributed by atoms with E-state index in [0.29, 0.717) is 17.9 Å². The molecule has 1 aliphatic heterocycles. The van der Waals surface area contributed by atoms with Crippen molar-refractivity contribution < 1.29 is 4.79 Å². The second kappa shape index (κ2) is 5.43. The van der Waals surface area contributed by atoms with E-state index < -0.39 is 0 Å². The molecular formula is C15H21NOS. The molecule has 0 radical (unpaired) electrons. The highest BCUT2D eigenvalue weighted by Gasteiger charge is 2.31. The minimum Gasteiger partial charge on any atom is -0.335 e. The van der Waals surface area contributed by atoms with Crippen LogP contribution < -0.4 is 0 Å². The third kappa shape index (κ3) is 2.46. The van der Waals surface area contributed by atoms with Crippen molar-refractivity contribution in [3.63, 3.8) is 0 Å². The molecule has 0 spiro atoms. The zero-order valence-electron chi connectivity index (χ0n) is 10.8. The molecule has 3 heteroatoms. The largest absolute Gasteiger partial charge is 0.335 e. The van der Waals surface area contributed by atoms with Crippen LogP contribution in [0.25, 0.3) is 0 Å². The van der Waals surface area contributed by atoms with Gasteiger partial charge in [-0.2, -0.15) is 0 Å². The monoisotopic (exact) mass is 263 g/mol. The van der Waals surface area contributed by atoms with Crippen molar-refractivity contribution >= 4 is 17.2 Å². The molecule has 1 saturated carbocycles. The Labute approximate surface area is 113 Å². The number of amides is 1. The summed E-state index contributed by atoms with van der Waals surface area (Å²) in [6.45, 7) is 0.966. The fourth-order valence-corrected chi connectivity index (χ4v) is 4.29. The Morgan fingerprint density at radius 1 is 1.28 bits per heavy atom. The van der Waals surface area contributed by atoms with Crippen molar-refractivity contribution in [2.75, 3.05) is 6.54 Å². The lowest BCUT2D eigenvalue weighted by Crippen LogP contribution is -2.31. The van der Waals surface area contributed by atoms with Crippen LogP contribution in [0.15, 0.2) is 17.5 Å². The van der Waals surface area contributed by atoms with Gasteiger partial charge in [0.05, 0.1) is 6.04 Å². The van der Waals surface area contributed by atoms with Crippen LogP contribution in [0, 0.1) is 5.92 Å². The molecule has 0 aromatic carbocycles. The predicted octanol–water partition coefficient (Wildman–Crippen LogP) is 3.99. The van der Waals surface area contributed by atoms with Gasteiger partial charge in [0.1, 0.15) is 0 Å². The van der Waals surface area contributed by atoms with Crippen LogP contribution in [-0.4, -0.2) is 17.4 Å². The highest BCUT2D eigenvalue weighted by Crippen LogP contribution is 2.36. The van der Waals surface area contributed by atoms with E-state index in [1.807, 2.05) is 0 Å². The lowest BCUT2D eigenvalue weighted by molar-refractivity contribution is -0.133. The highest BCUT2D eigenvalue weighted by atomic mass is 32.1. The van der Waals surface area contributed by atoms with Crippen LogP contribution in [0.1, 0.15) is 55.9 Å². The normalized spacial score (nSPS) is 24.9. The molecule has 1 amide bonds. The Morgan fingerprint density at radius 2 is 2.11 bits per heavy atom. The summed E-state index contributed by atoms with van der Waals surface area (Å²) in [6.07, 6.45) is 8.29. The van der Waals surface area contributed by atoms with E-state index in [9.17, 15) is 4.79 Å². The predicted molar refractivity (Wildman–Crippen MR) is 74.6 cm³/mol. The minimum atomic E-state index is 0.374. The highest BCUT2D eigenvalue weighted by molar-refractivity contribution is 7.10. The number of hydrogen-bond donors (Lipinski definition) is 0. The minimum absolute atomic E-state index is 0.374. The van der Waals surface area contributed by atoms with Crippen molar-refractivity contribution in [1.29, 1.82) is 0 Å². The van der Waals surface area contributed by atoms with Gasteiger partial charge in [0.15, 0.2) is 0 Å². The second-order valence-electron chi connectivity index (χ2n) is 5.62. The third-order valence-corrected chi connectivity index (χ3v) is 5.36. The van der Waals surface area contributed by atoms with Crippen LogP contribution in [0.3, 0.4) is 0 Å². The van der Waals surface area contributed by atoms with Crippen molar-refractivity contribution in [1.82, 2.24) is 4.90 Å². The summed E-state index contributed by atoms with van der Waals surface area (Å²) in [5.41, 5.74) is 0. The van der Waals surface area contributed by atoms with Gasteiger partial charge in [-0.1, -0.05) is 18.9 Å². The fraction of sp³-hybridized carbons (Fsp3) is 0.667. The zero-order valence-corrected chi connectivity index (χ0v) is 11.6. The molecule has 3 rings (SSSR count). The SMILES string of the molecule is O=C(CC1CCCC1)N1CCCC1c1cccs1. The zero-order chi connectivity index (χ0) is 12.4. The summed E-state index contributed by atoms with van der Waals surface area (Å²) in [5.74, 6) is 1.07. The lowest BCUT2D eigenvalue weighted by Gasteiger charge is -2.25. The Morgan fingerprint density at radius 3 is 2.83 bits per heavy atom. The standard InChI is InChI=1S/C15H21NOS/c17-15(11-12-5-1-2-6-12)16-9-3-7-13(16)14-8-4-10-18-14/h4,8,10,12-13H,1-3,5-7,9,11H2. The Hall–Kier alpha value is -0.830. The maximum Gasteiger partial charge on any atom is 0.223 e. The van der Waals surface area contributed by atoms with Gasteiger partial charge in [-0.15, -0.1) is 11.3 Å². The van der Waals surface area contributed by atoms with E-state index in [4.69, 9.17) is 0 Å². The molecule has 2 nitrogen and oxygen atoms in total. The number of rotatable bonds is 3.